The molecule has 0 aromatic carbocycles. The molecule has 0 radical (unpaired) electrons. The Balaban J connectivity index is 3.78. The van der Waals surface area contributed by atoms with Crippen LogP contribution in [0.15, 0.2) is 0 Å². The first-order valence-electron chi connectivity index (χ1n) is 10.6. The Hall–Kier alpha value is -1.42. The third kappa shape index (κ3) is 18.4. The van der Waals surface area contributed by atoms with E-state index >= 15 is 0 Å². The maximum Gasteiger partial charge on any atom is 0.406 e. The van der Waals surface area contributed by atoms with Crippen LogP contribution in [0.1, 0.15) is 47.0 Å². The number of nitrogens with one attached hydrogen (secondary N) is 4. The van der Waals surface area contributed by atoms with Gasteiger partial charge in [-0.1, -0.05) is 34.1 Å². The molecular weight excluding hydrogens is 376 g/mol. The average Bonchev–Trinajstić information content (AvgIpc) is 2.67. The SMILES string of the molecule is COC(=O)NCCOCCOCCNC(=O)C(CCCCNC(C)C)NC(C)C. The van der Waals surface area contributed by atoms with E-state index in [4.69, 9.17) is 9.47 Å². The predicted molar refractivity (Wildman–Crippen MR) is 114 cm³/mol. The third-order valence-electron chi connectivity index (χ3n) is 3.94. The van der Waals surface area contributed by atoms with E-state index in [1.807, 2.05) is 13.8 Å². The Bertz CT molecular complexity index is 422. The van der Waals surface area contributed by atoms with Gasteiger partial charge in [0.2, 0.25) is 5.91 Å². The molecule has 0 saturated heterocycles. The van der Waals surface area contributed by atoms with Crippen molar-refractivity contribution in [3.05, 3.63) is 0 Å². The zero-order valence-corrected chi connectivity index (χ0v) is 18.8. The lowest BCUT2D eigenvalue weighted by atomic mass is 10.1. The monoisotopic (exact) mass is 418 g/mol. The molecule has 9 heteroatoms. The maximum absolute atomic E-state index is 12.4. The number of carbonyl (C=O) groups excluding carboxylic acids is 2. The molecule has 1 atom stereocenters. The summed E-state index contributed by atoms with van der Waals surface area (Å²) in [5, 5.41) is 12.2. The molecule has 9 nitrogen and oxygen atoms in total. The van der Waals surface area contributed by atoms with Crippen LogP contribution in [0.4, 0.5) is 4.79 Å². The van der Waals surface area contributed by atoms with Crippen molar-refractivity contribution < 1.29 is 23.8 Å². The van der Waals surface area contributed by atoms with Crippen LogP contribution in [0.3, 0.4) is 0 Å². The number of alkyl carbamates (subject to hydrolysis) is 1. The Morgan fingerprint density at radius 3 is 1.97 bits per heavy atom. The second kappa shape index (κ2) is 18.6. The molecule has 0 bridgehead atoms. The van der Waals surface area contributed by atoms with E-state index in [0.717, 1.165) is 25.8 Å². The minimum atomic E-state index is -0.474. The van der Waals surface area contributed by atoms with Crippen molar-refractivity contribution in [1.82, 2.24) is 21.3 Å². The lowest BCUT2D eigenvalue weighted by molar-refractivity contribution is -0.123. The van der Waals surface area contributed by atoms with Crippen molar-refractivity contribution in [2.45, 2.75) is 65.1 Å². The first-order valence-corrected chi connectivity index (χ1v) is 10.6. The van der Waals surface area contributed by atoms with Gasteiger partial charge in [0.05, 0.1) is 39.6 Å². The molecule has 1 unspecified atom stereocenters. The van der Waals surface area contributed by atoms with Crippen molar-refractivity contribution >= 4 is 12.0 Å². The van der Waals surface area contributed by atoms with Crippen molar-refractivity contribution in [3.8, 4) is 0 Å². The zero-order chi connectivity index (χ0) is 21.9. The molecule has 172 valence electrons. The third-order valence-corrected chi connectivity index (χ3v) is 3.94. The molecule has 29 heavy (non-hydrogen) atoms. The lowest BCUT2D eigenvalue weighted by Gasteiger charge is -2.21. The molecule has 0 saturated carbocycles. The minimum Gasteiger partial charge on any atom is -0.453 e. The van der Waals surface area contributed by atoms with Gasteiger partial charge in [-0.3, -0.25) is 4.79 Å². The summed E-state index contributed by atoms with van der Waals surface area (Å²) in [6.07, 6.45) is 2.40. The van der Waals surface area contributed by atoms with Crippen LogP contribution in [-0.4, -0.2) is 83.3 Å². The smallest absolute Gasteiger partial charge is 0.406 e. The highest BCUT2D eigenvalue weighted by Gasteiger charge is 2.18. The molecule has 0 aliphatic rings. The first-order chi connectivity index (χ1) is 13.9. The van der Waals surface area contributed by atoms with Gasteiger partial charge in [-0.15, -0.1) is 0 Å². The summed E-state index contributed by atoms with van der Waals surface area (Å²) in [5.41, 5.74) is 0. The number of unbranched alkanes of at least 4 members (excludes halogenated alkanes) is 1. The Kier molecular flexibility index (Phi) is 17.7. The van der Waals surface area contributed by atoms with E-state index in [1.54, 1.807) is 0 Å². The van der Waals surface area contributed by atoms with Gasteiger partial charge in [0.25, 0.3) is 0 Å². The standard InChI is InChI=1S/C20H42N4O5/c1-16(2)21-9-7-6-8-18(24-17(3)4)19(25)22-10-12-28-14-15-29-13-11-23-20(26)27-5/h16-18,21,24H,6-15H2,1-5H3,(H,22,25)(H,23,26). The van der Waals surface area contributed by atoms with Gasteiger partial charge in [0.15, 0.2) is 0 Å². The van der Waals surface area contributed by atoms with E-state index in [-0.39, 0.29) is 18.0 Å². The number of hydrogen-bond donors (Lipinski definition) is 4. The molecule has 2 amide bonds. The van der Waals surface area contributed by atoms with E-state index in [2.05, 4.69) is 39.9 Å². The van der Waals surface area contributed by atoms with E-state index < -0.39 is 6.09 Å². The second-order valence-electron chi connectivity index (χ2n) is 7.41. The fourth-order valence-corrected chi connectivity index (χ4v) is 2.55. The fourth-order valence-electron chi connectivity index (χ4n) is 2.55. The van der Waals surface area contributed by atoms with Crippen LogP contribution in [-0.2, 0) is 19.0 Å². The lowest BCUT2D eigenvalue weighted by Crippen LogP contribution is -2.47. The van der Waals surface area contributed by atoms with Gasteiger partial charge in [-0.05, 0) is 19.4 Å². The summed E-state index contributed by atoms with van der Waals surface area (Å²) in [6, 6.07) is 0.561. The Morgan fingerprint density at radius 2 is 1.41 bits per heavy atom. The van der Waals surface area contributed by atoms with Gasteiger partial charge in [0, 0.05) is 25.2 Å². The number of ether oxygens (including phenoxy) is 3. The second-order valence-corrected chi connectivity index (χ2v) is 7.41. The molecule has 0 heterocycles. The Morgan fingerprint density at radius 1 is 0.793 bits per heavy atom. The summed E-state index contributed by atoms with van der Waals surface area (Å²) >= 11 is 0. The average molecular weight is 419 g/mol. The van der Waals surface area contributed by atoms with Crippen molar-refractivity contribution in [2.24, 2.45) is 0 Å². The van der Waals surface area contributed by atoms with Crippen molar-refractivity contribution in [1.29, 1.82) is 0 Å². The molecule has 0 aromatic heterocycles. The van der Waals surface area contributed by atoms with Crippen molar-refractivity contribution in [3.63, 3.8) is 0 Å². The van der Waals surface area contributed by atoms with Gasteiger partial charge in [-0.2, -0.15) is 0 Å². The quantitative estimate of drug-likeness (QED) is 0.246. The highest BCUT2D eigenvalue weighted by molar-refractivity contribution is 5.81. The summed E-state index contributed by atoms with van der Waals surface area (Å²) in [4.78, 5) is 23.3. The van der Waals surface area contributed by atoms with Crippen LogP contribution in [0.2, 0.25) is 0 Å². The summed E-state index contributed by atoms with van der Waals surface area (Å²) in [7, 11) is 1.31. The molecule has 0 spiro atoms. The number of hydrogen-bond acceptors (Lipinski definition) is 7. The van der Waals surface area contributed by atoms with Crippen molar-refractivity contribution in [2.75, 3.05) is 53.2 Å². The predicted octanol–water partition coefficient (Wildman–Crippen LogP) is 1.03. The molecular formula is C20H42N4O5. The van der Waals surface area contributed by atoms with Gasteiger partial charge in [0.1, 0.15) is 0 Å². The van der Waals surface area contributed by atoms with Crippen LogP contribution >= 0.6 is 0 Å². The number of amides is 2. The maximum atomic E-state index is 12.4. The molecule has 0 aliphatic carbocycles. The molecule has 0 aliphatic heterocycles. The topological polar surface area (TPSA) is 110 Å². The normalized spacial score (nSPS) is 12.2. The summed E-state index contributed by atoms with van der Waals surface area (Å²) < 4.78 is 15.2. The van der Waals surface area contributed by atoms with Crippen LogP contribution in [0.5, 0.6) is 0 Å². The largest absolute Gasteiger partial charge is 0.453 e. The highest BCUT2D eigenvalue weighted by Crippen LogP contribution is 2.03. The number of carbonyl (C=O) groups is 2. The number of rotatable bonds is 18. The van der Waals surface area contributed by atoms with E-state index in [1.165, 1.54) is 7.11 Å². The number of methoxy groups -OCH3 is 1. The van der Waals surface area contributed by atoms with Gasteiger partial charge >= 0.3 is 6.09 Å². The highest BCUT2D eigenvalue weighted by atomic mass is 16.5. The fraction of sp³-hybridized carbons (Fsp3) is 0.900. The van der Waals surface area contributed by atoms with Gasteiger partial charge in [-0.25, -0.2) is 4.79 Å². The molecule has 4 N–H and O–H groups in total. The zero-order valence-electron chi connectivity index (χ0n) is 18.8. The minimum absolute atomic E-state index is 0.0178. The summed E-state index contributed by atoms with van der Waals surface area (Å²) in [5.74, 6) is 0.0178. The molecule has 0 aromatic rings. The summed E-state index contributed by atoms with van der Waals surface area (Å²) in [6.45, 7) is 11.9. The Labute approximate surface area is 176 Å². The van der Waals surface area contributed by atoms with Gasteiger partial charge < -0.3 is 35.5 Å². The molecule has 0 fully saturated rings. The van der Waals surface area contributed by atoms with E-state index in [9.17, 15) is 9.59 Å². The first kappa shape index (κ1) is 27.6. The van der Waals surface area contributed by atoms with Crippen LogP contribution in [0, 0.1) is 0 Å². The van der Waals surface area contributed by atoms with E-state index in [0.29, 0.717) is 45.6 Å². The molecule has 0 rings (SSSR count). The van der Waals surface area contributed by atoms with Crippen LogP contribution < -0.4 is 21.3 Å². The van der Waals surface area contributed by atoms with Crippen LogP contribution in [0.25, 0.3) is 0 Å².